The van der Waals surface area contributed by atoms with Crippen molar-refractivity contribution in [2.75, 3.05) is 6.54 Å². The summed E-state index contributed by atoms with van der Waals surface area (Å²) in [4.78, 5) is 0. The van der Waals surface area contributed by atoms with E-state index in [9.17, 15) is 0 Å². The van der Waals surface area contributed by atoms with Crippen LogP contribution in [0.3, 0.4) is 0 Å². The van der Waals surface area contributed by atoms with E-state index < -0.39 is 0 Å². The number of rotatable bonds is 6. The van der Waals surface area contributed by atoms with E-state index in [0.29, 0.717) is 6.54 Å². The molecule has 10 rings (SSSR count). The molecule has 2 N–H and O–H groups in total. The third-order valence-corrected chi connectivity index (χ3v) is 13.1. The van der Waals surface area contributed by atoms with Gasteiger partial charge in [0.2, 0.25) is 0 Å². The lowest BCUT2D eigenvalue weighted by molar-refractivity contribution is 0.568. The molecule has 0 spiro atoms. The predicted molar refractivity (Wildman–Crippen MR) is 232 cm³/mol. The minimum Gasteiger partial charge on any atom is -0.330 e. The second kappa shape index (κ2) is 11.5. The third kappa shape index (κ3) is 4.55. The molecule has 0 aromatic heterocycles. The Morgan fingerprint density at radius 1 is 0.556 bits per heavy atom. The highest BCUT2D eigenvalue weighted by Gasteiger charge is 2.41. The molecule has 0 radical (unpaired) electrons. The zero-order chi connectivity index (χ0) is 37.1. The van der Waals surface area contributed by atoms with Gasteiger partial charge in [0.1, 0.15) is 0 Å². The van der Waals surface area contributed by atoms with Crippen molar-refractivity contribution in [1.29, 1.82) is 0 Å². The Morgan fingerprint density at radius 3 is 1.76 bits per heavy atom. The minimum absolute atomic E-state index is 0.0979. The van der Waals surface area contributed by atoms with E-state index in [1.807, 2.05) is 0 Å². The summed E-state index contributed by atoms with van der Waals surface area (Å²) >= 11 is 0. The normalized spacial score (nSPS) is 16.9. The van der Waals surface area contributed by atoms with Gasteiger partial charge in [0, 0.05) is 10.8 Å². The molecule has 1 heteroatoms. The first kappa shape index (κ1) is 33.1. The Hall–Kier alpha value is -5.50. The van der Waals surface area contributed by atoms with Gasteiger partial charge in [-0.25, -0.2) is 0 Å². The maximum atomic E-state index is 6.07. The molecular weight excluding hydrogens is 651 g/mol. The number of nitrogens with two attached hydrogens (primary N) is 1. The highest BCUT2D eigenvalue weighted by molar-refractivity contribution is 6.25. The molecule has 264 valence electrons. The van der Waals surface area contributed by atoms with Gasteiger partial charge in [0.25, 0.3) is 0 Å². The summed E-state index contributed by atoms with van der Waals surface area (Å²) in [5.41, 5.74) is 23.0. The van der Waals surface area contributed by atoms with Crippen molar-refractivity contribution in [2.24, 2.45) is 5.73 Å². The number of fused-ring (bicyclic) bond motifs is 6. The first-order valence-corrected chi connectivity index (χ1v) is 19.6. The van der Waals surface area contributed by atoms with Gasteiger partial charge in [-0.2, -0.15) is 0 Å². The predicted octanol–water partition coefficient (Wildman–Crippen LogP) is 13.7. The number of benzene rings is 8. The van der Waals surface area contributed by atoms with Gasteiger partial charge in [-0.15, -0.1) is 6.58 Å². The number of allylic oxidation sites excluding steroid dienone is 1. The van der Waals surface area contributed by atoms with Crippen molar-refractivity contribution in [3.8, 4) is 44.5 Å². The molecule has 2 aliphatic carbocycles. The zero-order valence-electron chi connectivity index (χ0n) is 32.1. The largest absolute Gasteiger partial charge is 0.330 e. The third-order valence-electron chi connectivity index (χ3n) is 13.1. The molecule has 54 heavy (non-hydrogen) atoms. The van der Waals surface area contributed by atoms with Crippen molar-refractivity contribution in [3.05, 3.63) is 168 Å². The smallest absolute Gasteiger partial charge is 0.0392 e. The topological polar surface area (TPSA) is 26.0 Å². The minimum atomic E-state index is -0.232. The van der Waals surface area contributed by atoms with Gasteiger partial charge >= 0.3 is 0 Å². The first-order valence-electron chi connectivity index (χ1n) is 19.6. The van der Waals surface area contributed by atoms with E-state index in [2.05, 4.69) is 175 Å². The lowest BCUT2D eigenvalue weighted by Gasteiger charge is -2.29. The molecule has 2 aliphatic rings. The molecule has 1 atom stereocenters. The Balaban J connectivity index is 1.06. The second-order valence-corrected chi connectivity index (χ2v) is 17.5. The average Bonchev–Trinajstić information content (AvgIpc) is 3.59. The fourth-order valence-electron chi connectivity index (χ4n) is 10.1. The molecule has 0 heterocycles. The first-order chi connectivity index (χ1) is 26.0. The van der Waals surface area contributed by atoms with Gasteiger partial charge in [0.15, 0.2) is 0 Å². The van der Waals surface area contributed by atoms with Gasteiger partial charge in [-0.05, 0) is 148 Å². The van der Waals surface area contributed by atoms with Crippen LogP contribution in [-0.2, 0) is 16.2 Å². The van der Waals surface area contributed by atoms with Gasteiger partial charge in [-0.1, -0.05) is 150 Å². The summed E-state index contributed by atoms with van der Waals surface area (Å²) in [6.45, 7) is 16.8. The fourth-order valence-corrected chi connectivity index (χ4v) is 10.1. The van der Waals surface area contributed by atoms with Crippen LogP contribution in [0, 0.1) is 0 Å². The number of hydrogen-bond acceptors (Lipinski definition) is 1. The Bertz CT molecular complexity index is 2820. The fraction of sp³-hybridized carbons (Fsp3) is 0.208. The zero-order valence-corrected chi connectivity index (χ0v) is 32.1. The molecule has 0 fully saturated rings. The highest BCUT2D eigenvalue weighted by Crippen LogP contribution is 2.54. The van der Waals surface area contributed by atoms with Crippen LogP contribution < -0.4 is 5.73 Å². The highest BCUT2D eigenvalue weighted by atomic mass is 14.5. The van der Waals surface area contributed by atoms with Crippen molar-refractivity contribution in [3.63, 3.8) is 0 Å². The van der Waals surface area contributed by atoms with E-state index in [1.54, 1.807) is 0 Å². The molecule has 8 aromatic carbocycles. The maximum Gasteiger partial charge on any atom is 0.0392 e. The molecule has 0 bridgehead atoms. The maximum absolute atomic E-state index is 6.07. The lowest BCUT2D eigenvalue weighted by Crippen LogP contribution is -2.23. The quantitative estimate of drug-likeness (QED) is 0.136. The number of hydrogen-bond donors (Lipinski definition) is 1. The Morgan fingerprint density at radius 2 is 1.09 bits per heavy atom. The summed E-state index contributed by atoms with van der Waals surface area (Å²) < 4.78 is 0. The van der Waals surface area contributed by atoms with Gasteiger partial charge < -0.3 is 5.73 Å². The molecule has 0 amide bonds. The van der Waals surface area contributed by atoms with Crippen LogP contribution in [0.15, 0.2) is 140 Å². The summed E-state index contributed by atoms with van der Waals surface area (Å²) in [6.07, 6.45) is 4.07. The summed E-state index contributed by atoms with van der Waals surface area (Å²) in [5.74, 6) is 0. The van der Waals surface area contributed by atoms with Crippen LogP contribution in [0.2, 0.25) is 0 Å². The van der Waals surface area contributed by atoms with Crippen molar-refractivity contribution >= 4 is 32.3 Å². The molecule has 0 aliphatic heterocycles. The SMILES string of the molecule is C=CC1(CCCN)c2ccccc2-c2ccc(-c3ccc4c(c3)C(C)(C)c3cc(-c5ccc6ccc7cc(C(C)(C)C)cc8ccc5c6c78)ccc3-4)cc21. The van der Waals surface area contributed by atoms with E-state index in [4.69, 9.17) is 5.73 Å². The molecular formula is C53H47N. The van der Waals surface area contributed by atoms with Crippen LogP contribution >= 0.6 is 0 Å². The molecule has 0 saturated heterocycles. The van der Waals surface area contributed by atoms with Crippen LogP contribution in [0.1, 0.15) is 75.3 Å². The summed E-state index contributed by atoms with van der Waals surface area (Å²) in [7, 11) is 0. The standard InChI is InChI=1S/C53H47N/c1-7-53(25-10-26-54)45-12-9-8-11-40(45)43-22-17-34(30-48(43)53)33-16-21-41-42-23-18-35(31-47(42)52(5,6)46(41)29-33)39-20-15-32-13-14-36-27-38(51(2,3)4)28-37-19-24-44(39)50(32)49(36)37/h7-9,11-24,27-31H,1,10,25-26,54H2,2-6H3. The van der Waals surface area contributed by atoms with Gasteiger partial charge in [-0.3, -0.25) is 0 Å². The molecule has 8 aromatic rings. The Kier molecular flexibility index (Phi) is 7.05. The van der Waals surface area contributed by atoms with E-state index >= 15 is 0 Å². The molecule has 0 saturated carbocycles. The summed E-state index contributed by atoms with van der Waals surface area (Å²) in [6, 6.07) is 49.0. The van der Waals surface area contributed by atoms with E-state index in [1.165, 1.54) is 105 Å². The molecule has 1 unspecified atom stereocenters. The van der Waals surface area contributed by atoms with E-state index in [0.717, 1.165) is 12.8 Å². The van der Waals surface area contributed by atoms with Gasteiger partial charge in [0.05, 0.1) is 0 Å². The van der Waals surface area contributed by atoms with Crippen LogP contribution in [0.5, 0.6) is 0 Å². The Labute approximate surface area is 319 Å². The van der Waals surface area contributed by atoms with Crippen LogP contribution in [0.25, 0.3) is 76.8 Å². The van der Waals surface area contributed by atoms with E-state index in [-0.39, 0.29) is 16.2 Å². The van der Waals surface area contributed by atoms with Crippen LogP contribution in [-0.4, -0.2) is 6.54 Å². The average molecular weight is 698 g/mol. The lowest BCUT2D eigenvalue weighted by atomic mass is 9.74. The van der Waals surface area contributed by atoms with Crippen molar-refractivity contribution in [2.45, 2.75) is 63.7 Å². The van der Waals surface area contributed by atoms with Crippen molar-refractivity contribution in [1.82, 2.24) is 0 Å². The molecule has 1 nitrogen and oxygen atoms in total. The summed E-state index contributed by atoms with van der Waals surface area (Å²) in [5, 5.41) is 8.03. The monoisotopic (exact) mass is 697 g/mol. The van der Waals surface area contributed by atoms with Crippen LogP contribution in [0.4, 0.5) is 0 Å². The second-order valence-electron chi connectivity index (χ2n) is 17.5. The van der Waals surface area contributed by atoms with Crippen molar-refractivity contribution < 1.29 is 0 Å².